The average molecular weight is 392 g/mol. The van der Waals surface area contributed by atoms with E-state index in [0.717, 1.165) is 17.3 Å². The number of amides is 1. The zero-order valence-corrected chi connectivity index (χ0v) is 15.6. The van der Waals surface area contributed by atoms with Crippen molar-refractivity contribution in [2.24, 2.45) is 0 Å². The lowest BCUT2D eigenvalue weighted by Crippen LogP contribution is -2.22. The van der Waals surface area contributed by atoms with Crippen molar-refractivity contribution >= 4 is 35.0 Å². The topological polar surface area (TPSA) is 68.0 Å². The van der Waals surface area contributed by atoms with E-state index in [4.69, 9.17) is 16.0 Å². The maximum atomic E-state index is 13.0. The fourth-order valence-corrected chi connectivity index (χ4v) is 2.99. The Labute approximate surface area is 159 Å². The van der Waals surface area contributed by atoms with Gasteiger partial charge in [0.2, 0.25) is 11.8 Å². The SMILES string of the molecule is Cc1ccc(Cl)cc1NC(=O)[C@@H](C)Sc1nnc(-c2ccc(F)cc2)o1. The van der Waals surface area contributed by atoms with Crippen molar-refractivity contribution < 1.29 is 13.6 Å². The van der Waals surface area contributed by atoms with E-state index in [1.54, 1.807) is 31.2 Å². The summed E-state index contributed by atoms with van der Waals surface area (Å²) in [6.07, 6.45) is 0. The second kappa shape index (κ2) is 7.88. The van der Waals surface area contributed by atoms with Crippen LogP contribution in [0.2, 0.25) is 5.02 Å². The summed E-state index contributed by atoms with van der Waals surface area (Å²) in [5, 5.41) is 11.0. The maximum absolute atomic E-state index is 13.0. The number of carbonyl (C=O) groups excluding carboxylic acids is 1. The van der Waals surface area contributed by atoms with Crippen LogP contribution < -0.4 is 5.32 Å². The highest BCUT2D eigenvalue weighted by Gasteiger charge is 2.19. The van der Waals surface area contributed by atoms with Gasteiger partial charge in [-0.1, -0.05) is 29.4 Å². The molecule has 1 amide bonds. The Morgan fingerprint density at radius 2 is 1.96 bits per heavy atom. The third-order valence-corrected chi connectivity index (χ3v) is 4.77. The summed E-state index contributed by atoms with van der Waals surface area (Å²) in [7, 11) is 0. The molecule has 3 rings (SSSR count). The predicted octanol–water partition coefficient (Wildman–Crippen LogP) is 4.96. The molecule has 0 radical (unpaired) electrons. The van der Waals surface area contributed by atoms with Gasteiger partial charge in [-0.05, 0) is 55.8 Å². The number of anilines is 1. The Bertz CT molecular complexity index is 930. The molecule has 1 aromatic heterocycles. The van der Waals surface area contributed by atoms with Gasteiger partial charge in [0.15, 0.2) is 0 Å². The van der Waals surface area contributed by atoms with E-state index in [-0.39, 0.29) is 22.8 Å². The first kappa shape index (κ1) is 18.4. The van der Waals surface area contributed by atoms with Crippen molar-refractivity contribution in [2.75, 3.05) is 5.32 Å². The second-order valence-electron chi connectivity index (χ2n) is 5.59. The number of hydrogen-bond acceptors (Lipinski definition) is 5. The van der Waals surface area contributed by atoms with Crippen molar-refractivity contribution in [1.29, 1.82) is 0 Å². The number of carbonyl (C=O) groups is 1. The first-order valence-corrected chi connectivity index (χ1v) is 9.01. The second-order valence-corrected chi connectivity index (χ2v) is 7.32. The average Bonchev–Trinajstić information content (AvgIpc) is 3.07. The molecule has 2 aromatic carbocycles. The van der Waals surface area contributed by atoms with E-state index < -0.39 is 5.25 Å². The molecule has 0 bridgehead atoms. The van der Waals surface area contributed by atoms with E-state index in [1.165, 1.54) is 12.1 Å². The van der Waals surface area contributed by atoms with E-state index in [9.17, 15) is 9.18 Å². The van der Waals surface area contributed by atoms with Gasteiger partial charge in [0, 0.05) is 16.3 Å². The lowest BCUT2D eigenvalue weighted by atomic mass is 10.2. The van der Waals surface area contributed by atoms with Gasteiger partial charge in [0.05, 0.1) is 5.25 Å². The van der Waals surface area contributed by atoms with Gasteiger partial charge >= 0.3 is 0 Å². The molecule has 8 heteroatoms. The monoisotopic (exact) mass is 391 g/mol. The smallest absolute Gasteiger partial charge is 0.277 e. The van der Waals surface area contributed by atoms with Gasteiger partial charge in [-0.15, -0.1) is 10.2 Å². The molecule has 0 fully saturated rings. The van der Waals surface area contributed by atoms with Gasteiger partial charge in [-0.3, -0.25) is 4.79 Å². The van der Waals surface area contributed by atoms with Crippen LogP contribution in [-0.2, 0) is 4.79 Å². The lowest BCUT2D eigenvalue weighted by molar-refractivity contribution is -0.115. The normalized spacial score (nSPS) is 12.0. The number of rotatable bonds is 5. The van der Waals surface area contributed by atoms with Crippen molar-refractivity contribution in [1.82, 2.24) is 10.2 Å². The number of hydrogen-bond donors (Lipinski definition) is 1. The zero-order valence-electron chi connectivity index (χ0n) is 14.0. The largest absolute Gasteiger partial charge is 0.411 e. The Hall–Kier alpha value is -2.38. The third kappa shape index (κ3) is 4.42. The maximum Gasteiger partial charge on any atom is 0.277 e. The molecule has 1 heterocycles. The summed E-state index contributed by atoms with van der Waals surface area (Å²) in [6, 6.07) is 11.0. The molecular formula is C18H15ClFN3O2S. The number of nitrogens with one attached hydrogen (secondary N) is 1. The number of nitrogens with zero attached hydrogens (tertiary/aromatic N) is 2. The van der Waals surface area contributed by atoms with E-state index in [1.807, 2.05) is 13.0 Å². The van der Waals surface area contributed by atoms with Gasteiger partial charge in [0.25, 0.3) is 5.22 Å². The van der Waals surface area contributed by atoms with Crippen LogP contribution in [0.5, 0.6) is 0 Å². The molecular weight excluding hydrogens is 377 g/mol. The van der Waals surface area contributed by atoms with E-state index in [2.05, 4.69) is 15.5 Å². The highest BCUT2D eigenvalue weighted by molar-refractivity contribution is 8.00. The van der Waals surface area contributed by atoms with Crippen LogP contribution in [-0.4, -0.2) is 21.4 Å². The molecule has 1 atom stereocenters. The summed E-state index contributed by atoms with van der Waals surface area (Å²) >= 11 is 7.11. The van der Waals surface area contributed by atoms with E-state index >= 15 is 0 Å². The van der Waals surface area contributed by atoms with Crippen LogP contribution >= 0.6 is 23.4 Å². The molecule has 3 aromatic rings. The minimum Gasteiger partial charge on any atom is -0.411 e. The highest BCUT2D eigenvalue weighted by Crippen LogP contribution is 2.27. The van der Waals surface area contributed by atoms with Crippen LogP contribution in [0, 0.1) is 12.7 Å². The van der Waals surface area contributed by atoms with Crippen LogP contribution in [0.15, 0.2) is 52.1 Å². The van der Waals surface area contributed by atoms with Gasteiger partial charge < -0.3 is 9.73 Å². The van der Waals surface area contributed by atoms with Crippen LogP contribution in [0.1, 0.15) is 12.5 Å². The van der Waals surface area contributed by atoms with Crippen LogP contribution in [0.4, 0.5) is 10.1 Å². The first-order valence-electron chi connectivity index (χ1n) is 7.75. The Morgan fingerprint density at radius 1 is 1.23 bits per heavy atom. The van der Waals surface area contributed by atoms with E-state index in [0.29, 0.717) is 16.3 Å². The Morgan fingerprint density at radius 3 is 2.69 bits per heavy atom. The molecule has 1 N–H and O–H groups in total. The highest BCUT2D eigenvalue weighted by atomic mass is 35.5. The summed E-state index contributed by atoms with van der Waals surface area (Å²) < 4.78 is 18.5. The summed E-state index contributed by atoms with van der Waals surface area (Å²) in [4.78, 5) is 12.4. The number of thioether (sulfide) groups is 1. The standard InChI is InChI=1S/C18H15ClFN3O2S/c1-10-3-6-13(19)9-15(10)21-16(24)11(2)26-18-23-22-17(25-18)12-4-7-14(20)8-5-12/h3-9,11H,1-2H3,(H,21,24)/t11-/m1/s1. The molecule has 0 saturated heterocycles. The summed E-state index contributed by atoms with van der Waals surface area (Å²) in [5.74, 6) is -0.280. The molecule has 5 nitrogen and oxygen atoms in total. The van der Waals surface area contributed by atoms with Gasteiger partial charge in [-0.2, -0.15) is 0 Å². The summed E-state index contributed by atoms with van der Waals surface area (Å²) in [6.45, 7) is 3.62. The number of benzene rings is 2. The first-order chi connectivity index (χ1) is 12.4. The molecule has 0 unspecified atom stereocenters. The minimum absolute atomic E-state index is 0.207. The van der Waals surface area contributed by atoms with Crippen molar-refractivity contribution in [3.05, 3.63) is 58.9 Å². The fraction of sp³-hybridized carbons (Fsp3) is 0.167. The number of aryl methyl sites for hydroxylation is 1. The van der Waals surface area contributed by atoms with Crippen molar-refractivity contribution in [3.8, 4) is 11.5 Å². The predicted molar refractivity (Wildman–Crippen MR) is 99.8 cm³/mol. The van der Waals surface area contributed by atoms with Crippen molar-refractivity contribution in [2.45, 2.75) is 24.3 Å². The molecule has 0 aliphatic rings. The van der Waals surface area contributed by atoms with Gasteiger partial charge in [-0.25, -0.2) is 4.39 Å². The van der Waals surface area contributed by atoms with Crippen LogP contribution in [0.25, 0.3) is 11.5 Å². The molecule has 26 heavy (non-hydrogen) atoms. The van der Waals surface area contributed by atoms with Gasteiger partial charge in [0.1, 0.15) is 5.82 Å². The number of halogens is 2. The molecule has 134 valence electrons. The quantitative estimate of drug-likeness (QED) is 0.623. The molecule has 0 saturated carbocycles. The molecule has 0 spiro atoms. The van der Waals surface area contributed by atoms with Crippen LogP contribution in [0.3, 0.4) is 0 Å². The Kier molecular flexibility index (Phi) is 5.58. The zero-order chi connectivity index (χ0) is 18.7. The molecule has 0 aliphatic carbocycles. The number of aromatic nitrogens is 2. The summed E-state index contributed by atoms with van der Waals surface area (Å²) in [5.41, 5.74) is 2.18. The third-order valence-electron chi connectivity index (χ3n) is 3.60. The van der Waals surface area contributed by atoms with Crippen molar-refractivity contribution in [3.63, 3.8) is 0 Å². The lowest BCUT2D eigenvalue weighted by Gasteiger charge is -2.12. The Balaban J connectivity index is 1.66. The minimum atomic E-state index is -0.463. The molecule has 0 aliphatic heterocycles. The fourth-order valence-electron chi connectivity index (χ4n) is 2.13.